The lowest BCUT2D eigenvalue weighted by molar-refractivity contribution is -0.139. The lowest BCUT2D eigenvalue weighted by atomic mass is 9.96. The molecule has 1 aromatic carbocycles. The predicted molar refractivity (Wildman–Crippen MR) is 74.7 cm³/mol. The van der Waals surface area contributed by atoms with Crippen LogP contribution in [0.5, 0.6) is 0 Å². The number of carbonyl (C=O) groups is 1. The van der Waals surface area contributed by atoms with Crippen molar-refractivity contribution in [2.75, 3.05) is 27.3 Å². The van der Waals surface area contributed by atoms with Crippen LogP contribution in [-0.4, -0.2) is 43.7 Å². The van der Waals surface area contributed by atoms with Gasteiger partial charge in [-0.25, -0.2) is 8.78 Å². The first-order valence-corrected chi connectivity index (χ1v) is 6.92. The van der Waals surface area contributed by atoms with Crippen LogP contribution >= 0.6 is 0 Å². The first-order chi connectivity index (χ1) is 9.98. The van der Waals surface area contributed by atoms with E-state index in [4.69, 9.17) is 4.74 Å². The molecule has 21 heavy (non-hydrogen) atoms. The van der Waals surface area contributed by atoms with E-state index in [1.807, 2.05) is 0 Å². The van der Waals surface area contributed by atoms with Gasteiger partial charge in [0.05, 0.1) is 6.61 Å². The minimum atomic E-state index is -0.736. The van der Waals surface area contributed by atoms with Crippen molar-refractivity contribution < 1.29 is 18.3 Å². The van der Waals surface area contributed by atoms with E-state index < -0.39 is 17.2 Å². The summed E-state index contributed by atoms with van der Waals surface area (Å²) in [5, 5.41) is 3.19. The van der Waals surface area contributed by atoms with Gasteiger partial charge in [0, 0.05) is 32.3 Å². The number of hydrogen-bond donors (Lipinski definition) is 1. The van der Waals surface area contributed by atoms with Gasteiger partial charge in [0.15, 0.2) is 0 Å². The first-order valence-electron chi connectivity index (χ1n) is 6.92. The Bertz CT molecular complexity index is 516. The van der Waals surface area contributed by atoms with Gasteiger partial charge in [-0.3, -0.25) is 4.79 Å². The van der Waals surface area contributed by atoms with E-state index in [1.54, 1.807) is 14.2 Å². The van der Waals surface area contributed by atoms with Gasteiger partial charge in [-0.05, 0) is 25.5 Å². The van der Waals surface area contributed by atoms with Crippen molar-refractivity contribution in [2.24, 2.45) is 0 Å². The Morgan fingerprint density at radius 3 is 2.81 bits per heavy atom. The van der Waals surface area contributed by atoms with Crippen molar-refractivity contribution in [3.05, 3.63) is 35.4 Å². The number of nitrogens with one attached hydrogen (secondary N) is 1. The summed E-state index contributed by atoms with van der Waals surface area (Å²) >= 11 is 0. The predicted octanol–water partition coefficient (Wildman–Crippen LogP) is 1.69. The molecule has 1 fully saturated rings. The minimum absolute atomic E-state index is 0.0953. The Morgan fingerprint density at radius 1 is 1.48 bits per heavy atom. The lowest BCUT2D eigenvalue weighted by Gasteiger charge is -2.32. The molecule has 2 rings (SSSR count). The second-order valence-electron chi connectivity index (χ2n) is 5.44. The highest BCUT2D eigenvalue weighted by atomic mass is 19.1. The van der Waals surface area contributed by atoms with E-state index in [1.165, 1.54) is 17.0 Å². The average Bonchev–Trinajstić information content (AvgIpc) is 2.91. The SMILES string of the molecule is COCC1(C(=O)N(C)Cc2ccc(F)cc2F)CCCN1. The Kier molecular flexibility index (Phi) is 4.90. The molecule has 6 heteroatoms. The van der Waals surface area contributed by atoms with Gasteiger partial charge in [-0.15, -0.1) is 0 Å². The number of nitrogens with zero attached hydrogens (tertiary/aromatic N) is 1. The normalized spacial score (nSPS) is 21.5. The van der Waals surface area contributed by atoms with Crippen molar-refractivity contribution in [3.8, 4) is 0 Å². The Morgan fingerprint density at radius 2 is 2.24 bits per heavy atom. The number of hydrogen-bond acceptors (Lipinski definition) is 3. The standard InChI is InChI=1S/C15H20F2N2O2/c1-19(9-11-4-5-12(16)8-13(11)17)14(20)15(10-21-2)6-3-7-18-15/h4-5,8,18H,3,6-7,9-10H2,1-2H3. The van der Waals surface area contributed by atoms with Gasteiger partial charge >= 0.3 is 0 Å². The fourth-order valence-corrected chi connectivity index (χ4v) is 2.76. The summed E-state index contributed by atoms with van der Waals surface area (Å²) in [4.78, 5) is 14.1. The summed E-state index contributed by atoms with van der Waals surface area (Å²) in [7, 11) is 3.16. The van der Waals surface area contributed by atoms with E-state index in [-0.39, 0.29) is 24.6 Å². The van der Waals surface area contributed by atoms with E-state index in [9.17, 15) is 13.6 Å². The van der Waals surface area contributed by atoms with Gasteiger partial charge < -0.3 is 15.0 Å². The molecular weight excluding hydrogens is 278 g/mol. The monoisotopic (exact) mass is 298 g/mol. The molecule has 0 saturated carbocycles. The van der Waals surface area contributed by atoms with Crippen LogP contribution < -0.4 is 5.32 Å². The topological polar surface area (TPSA) is 41.6 Å². The fourth-order valence-electron chi connectivity index (χ4n) is 2.76. The maximum Gasteiger partial charge on any atom is 0.245 e. The molecule has 1 unspecified atom stereocenters. The van der Waals surface area contributed by atoms with Crippen LogP contribution in [0.1, 0.15) is 18.4 Å². The fraction of sp³-hybridized carbons (Fsp3) is 0.533. The summed E-state index contributed by atoms with van der Waals surface area (Å²) in [5.74, 6) is -1.40. The molecule has 0 spiro atoms. The molecule has 1 amide bonds. The van der Waals surface area contributed by atoms with Crippen molar-refractivity contribution in [1.29, 1.82) is 0 Å². The quantitative estimate of drug-likeness (QED) is 0.899. The summed E-state index contributed by atoms with van der Waals surface area (Å²) < 4.78 is 31.7. The van der Waals surface area contributed by atoms with Crippen LogP contribution in [-0.2, 0) is 16.1 Å². The number of benzene rings is 1. The van der Waals surface area contributed by atoms with E-state index in [0.717, 1.165) is 19.0 Å². The summed E-state index contributed by atoms with van der Waals surface area (Å²) in [6.45, 7) is 1.13. The Balaban J connectivity index is 2.11. The third-order valence-corrected chi connectivity index (χ3v) is 3.81. The van der Waals surface area contributed by atoms with Crippen molar-refractivity contribution in [3.63, 3.8) is 0 Å². The molecular formula is C15H20F2N2O2. The van der Waals surface area contributed by atoms with Gasteiger partial charge in [-0.1, -0.05) is 6.07 Å². The van der Waals surface area contributed by atoms with Gasteiger partial charge in [0.1, 0.15) is 17.2 Å². The zero-order valence-corrected chi connectivity index (χ0v) is 12.3. The summed E-state index contributed by atoms with van der Waals surface area (Å²) in [5.41, 5.74) is -0.446. The van der Waals surface area contributed by atoms with Crippen LogP contribution in [0.15, 0.2) is 18.2 Å². The molecule has 116 valence electrons. The molecule has 1 aliphatic rings. The molecule has 0 bridgehead atoms. The van der Waals surface area contributed by atoms with Gasteiger partial charge in [0.2, 0.25) is 5.91 Å². The highest BCUT2D eigenvalue weighted by Crippen LogP contribution is 2.23. The molecule has 1 aromatic rings. The molecule has 1 heterocycles. The van der Waals surface area contributed by atoms with Crippen molar-refractivity contribution in [1.82, 2.24) is 10.2 Å². The highest BCUT2D eigenvalue weighted by molar-refractivity contribution is 5.86. The second kappa shape index (κ2) is 6.49. The molecule has 1 atom stereocenters. The number of halogens is 2. The van der Waals surface area contributed by atoms with E-state index in [0.29, 0.717) is 6.42 Å². The molecule has 1 N–H and O–H groups in total. The highest BCUT2D eigenvalue weighted by Gasteiger charge is 2.42. The lowest BCUT2D eigenvalue weighted by Crippen LogP contribution is -2.56. The molecule has 0 aliphatic carbocycles. The molecule has 4 nitrogen and oxygen atoms in total. The van der Waals surface area contributed by atoms with E-state index >= 15 is 0 Å². The second-order valence-corrected chi connectivity index (χ2v) is 5.44. The third kappa shape index (κ3) is 3.39. The molecule has 0 aromatic heterocycles. The van der Waals surface area contributed by atoms with Crippen LogP contribution in [0.3, 0.4) is 0 Å². The number of amides is 1. The summed E-state index contributed by atoms with van der Waals surface area (Å²) in [6, 6.07) is 3.38. The first kappa shape index (κ1) is 15.9. The van der Waals surface area contributed by atoms with Crippen LogP contribution in [0.25, 0.3) is 0 Å². The molecule has 1 aliphatic heterocycles. The van der Waals surface area contributed by atoms with Crippen molar-refractivity contribution in [2.45, 2.75) is 24.9 Å². The van der Waals surface area contributed by atoms with Gasteiger partial charge in [-0.2, -0.15) is 0 Å². The van der Waals surface area contributed by atoms with Crippen LogP contribution in [0.2, 0.25) is 0 Å². The Labute approximate surface area is 123 Å². The minimum Gasteiger partial charge on any atom is -0.382 e. The van der Waals surface area contributed by atoms with Crippen LogP contribution in [0, 0.1) is 11.6 Å². The third-order valence-electron chi connectivity index (χ3n) is 3.81. The summed E-state index contributed by atoms with van der Waals surface area (Å²) in [6.07, 6.45) is 1.59. The Hall–Kier alpha value is -1.53. The molecule has 1 saturated heterocycles. The number of carbonyl (C=O) groups excluding carboxylic acids is 1. The maximum atomic E-state index is 13.7. The average molecular weight is 298 g/mol. The smallest absolute Gasteiger partial charge is 0.245 e. The zero-order chi connectivity index (χ0) is 15.5. The van der Waals surface area contributed by atoms with Crippen LogP contribution in [0.4, 0.5) is 8.78 Å². The largest absolute Gasteiger partial charge is 0.382 e. The number of rotatable bonds is 5. The van der Waals surface area contributed by atoms with E-state index in [2.05, 4.69) is 5.32 Å². The van der Waals surface area contributed by atoms with Crippen molar-refractivity contribution >= 4 is 5.91 Å². The number of likely N-dealkylation sites (N-methyl/N-ethyl adjacent to an activating group) is 1. The van der Waals surface area contributed by atoms with Gasteiger partial charge in [0.25, 0.3) is 0 Å². The number of methoxy groups -OCH3 is 1. The number of ether oxygens (including phenoxy) is 1. The zero-order valence-electron chi connectivity index (χ0n) is 12.3. The molecule has 0 radical (unpaired) electrons. The maximum absolute atomic E-state index is 13.7.